The molecule has 0 aromatic heterocycles. The molecule has 0 spiro atoms. The van der Waals surface area contributed by atoms with Crippen molar-refractivity contribution in [3.05, 3.63) is 34.4 Å². The topological polar surface area (TPSA) is 62.1 Å². The van der Waals surface area contributed by atoms with Crippen molar-refractivity contribution in [2.75, 3.05) is 23.7 Å². The van der Waals surface area contributed by atoms with Crippen LogP contribution in [-0.4, -0.2) is 25.2 Å². The van der Waals surface area contributed by atoms with Gasteiger partial charge in [-0.3, -0.25) is 0 Å². The van der Waals surface area contributed by atoms with E-state index in [1.54, 1.807) is 0 Å². The first-order valence-corrected chi connectivity index (χ1v) is 9.42. The van der Waals surface area contributed by atoms with Crippen LogP contribution in [0, 0.1) is 0 Å². The number of para-hydroxylation sites is 1. The number of benzene rings is 1. The molecule has 2 rings (SSSR count). The van der Waals surface area contributed by atoms with Gasteiger partial charge in [0.05, 0.1) is 17.4 Å². The highest BCUT2D eigenvalue weighted by molar-refractivity contribution is 9.10. The third kappa shape index (κ3) is 4.88. The van der Waals surface area contributed by atoms with E-state index in [-0.39, 0.29) is 6.04 Å². The average Bonchev–Trinajstić information content (AvgIpc) is 2.56. The summed E-state index contributed by atoms with van der Waals surface area (Å²) in [7, 11) is 0. The first-order valence-electron chi connectivity index (χ1n) is 8.63. The van der Waals surface area contributed by atoms with Crippen LogP contribution >= 0.6 is 15.9 Å². The molecule has 0 fully saturated rings. The van der Waals surface area contributed by atoms with Gasteiger partial charge in [-0.15, -0.1) is 0 Å². The molecule has 5 N–H and O–H groups in total. The molecule has 0 amide bonds. The third-order valence-electron chi connectivity index (χ3n) is 4.29. The van der Waals surface area contributed by atoms with Crippen molar-refractivity contribution in [1.29, 1.82) is 0 Å². The van der Waals surface area contributed by atoms with Gasteiger partial charge in [-0.05, 0) is 52.7 Å². The number of rotatable bonds is 8. The van der Waals surface area contributed by atoms with Gasteiger partial charge in [0.25, 0.3) is 0 Å². The van der Waals surface area contributed by atoms with E-state index in [4.69, 9.17) is 5.73 Å². The summed E-state index contributed by atoms with van der Waals surface area (Å²) < 4.78 is 1.08. The minimum atomic E-state index is 0.211. The normalized spacial score (nSPS) is 17.4. The zero-order valence-electron chi connectivity index (χ0n) is 14.2. The largest absolute Gasteiger partial charge is 0.388 e. The third-order valence-corrected chi connectivity index (χ3v) is 4.95. The maximum atomic E-state index is 6.01. The summed E-state index contributed by atoms with van der Waals surface area (Å²) in [5.41, 5.74) is 9.46. The molecule has 5 heteroatoms. The average molecular weight is 381 g/mol. The predicted octanol–water partition coefficient (Wildman–Crippen LogP) is 4.06. The SMILES string of the molecule is CCCC(CCC)N/C=C(\CN)C1CNc2cccc(Br)c2N1. The van der Waals surface area contributed by atoms with Crippen LogP contribution in [0.4, 0.5) is 11.4 Å². The molecule has 1 unspecified atom stereocenters. The van der Waals surface area contributed by atoms with E-state index in [0.29, 0.717) is 12.6 Å². The van der Waals surface area contributed by atoms with Crippen LogP contribution in [0.25, 0.3) is 0 Å². The molecule has 1 aromatic rings. The zero-order chi connectivity index (χ0) is 16.7. The van der Waals surface area contributed by atoms with Crippen molar-refractivity contribution >= 4 is 27.3 Å². The molecule has 4 nitrogen and oxygen atoms in total. The number of hydrogen-bond acceptors (Lipinski definition) is 4. The van der Waals surface area contributed by atoms with Gasteiger partial charge in [-0.25, -0.2) is 0 Å². The Morgan fingerprint density at radius 2 is 2.13 bits per heavy atom. The van der Waals surface area contributed by atoms with Gasteiger partial charge in [0.1, 0.15) is 0 Å². The van der Waals surface area contributed by atoms with E-state index >= 15 is 0 Å². The van der Waals surface area contributed by atoms with Crippen molar-refractivity contribution in [2.24, 2.45) is 5.73 Å². The van der Waals surface area contributed by atoms with Gasteiger partial charge in [0.15, 0.2) is 0 Å². The van der Waals surface area contributed by atoms with Crippen LogP contribution < -0.4 is 21.7 Å². The Hall–Kier alpha value is -1.20. The van der Waals surface area contributed by atoms with Gasteiger partial charge < -0.3 is 21.7 Å². The lowest BCUT2D eigenvalue weighted by atomic mass is 10.0. The number of halogens is 1. The molecule has 0 aliphatic carbocycles. The van der Waals surface area contributed by atoms with Crippen LogP contribution in [0.3, 0.4) is 0 Å². The van der Waals surface area contributed by atoms with Crippen molar-refractivity contribution < 1.29 is 0 Å². The molecule has 23 heavy (non-hydrogen) atoms. The highest BCUT2D eigenvalue weighted by Crippen LogP contribution is 2.34. The lowest BCUT2D eigenvalue weighted by Crippen LogP contribution is -2.38. The Balaban J connectivity index is 2.06. The molecule has 0 bridgehead atoms. The summed E-state index contributed by atoms with van der Waals surface area (Å²) >= 11 is 3.61. The first kappa shape index (κ1) is 18.1. The molecule has 0 saturated carbocycles. The maximum Gasteiger partial charge on any atom is 0.0725 e. The van der Waals surface area contributed by atoms with E-state index in [1.807, 2.05) is 6.07 Å². The highest BCUT2D eigenvalue weighted by Gasteiger charge is 2.21. The summed E-state index contributed by atoms with van der Waals surface area (Å²) in [4.78, 5) is 0. The lowest BCUT2D eigenvalue weighted by Gasteiger charge is -2.31. The molecule has 1 atom stereocenters. The fourth-order valence-electron chi connectivity index (χ4n) is 3.01. The second-order valence-corrected chi connectivity index (χ2v) is 6.96. The highest BCUT2D eigenvalue weighted by atomic mass is 79.9. The van der Waals surface area contributed by atoms with Crippen LogP contribution in [0.1, 0.15) is 39.5 Å². The minimum Gasteiger partial charge on any atom is -0.388 e. The summed E-state index contributed by atoms with van der Waals surface area (Å²) in [6, 6.07) is 6.94. The van der Waals surface area contributed by atoms with Crippen LogP contribution in [0.5, 0.6) is 0 Å². The summed E-state index contributed by atoms with van der Waals surface area (Å²) in [6.45, 7) is 5.87. The molecule has 128 valence electrons. The quantitative estimate of drug-likeness (QED) is 0.549. The molecule has 0 radical (unpaired) electrons. The predicted molar refractivity (Wildman–Crippen MR) is 104 cm³/mol. The maximum absolute atomic E-state index is 6.01. The number of hydrogen-bond donors (Lipinski definition) is 4. The molecule has 1 aliphatic heterocycles. The second kappa shape index (κ2) is 9.18. The Labute approximate surface area is 148 Å². The van der Waals surface area contributed by atoms with E-state index in [2.05, 4.69) is 64.1 Å². The number of fused-ring (bicyclic) bond motifs is 1. The standard InChI is InChI=1S/C18H29BrN4/c1-3-6-14(7-4-2)21-11-13(10-20)17-12-22-16-9-5-8-15(19)18(16)23-17/h5,8-9,11,14,17,21-23H,3-4,6-7,10,12,20H2,1-2H3/b13-11+. The second-order valence-electron chi connectivity index (χ2n) is 6.10. The molecule has 1 aliphatic rings. The summed E-state index contributed by atoms with van der Waals surface area (Å²) in [6.07, 6.45) is 6.94. The first-order chi connectivity index (χ1) is 11.2. The van der Waals surface area contributed by atoms with Gasteiger partial charge in [-0.1, -0.05) is 32.8 Å². The Morgan fingerprint density at radius 1 is 1.39 bits per heavy atom. The zero-order valence-corrected chi connectivity index (χ0v) is 15.7. The van der Waals surface area contributed by atoms with Gasteiger partial charge in [0, 0.05) is 23.6 Å². The molecule has 1 aromatic carbocycles. The fourth-order valence-corrected chi connectivity index (χ4v) is 3.49. The van der Waals surface area contributed by atoms with Gasteiger partial charge >= 0.3 is 0 Å². The molecule has 1 heterocycles. The van der Waals surface area contributed by atoms with Gasteiger partial charge in [0.2, 0.25) is 0 Å². The minimum absolute atomic E-state index is 0.211. The van der Waals surface area contributed by atoms with E-state index in [0.717, 1.165) is 22.4 Å². The number of nitrogens with one attached hydrogen (secondary N) is 3. The van der Waals surface area contributed by atoms with Crippen molar-refractivity contribution in [3.63, 3.8) is 0 Å². The van der Waals surface area contributed by atoms with Crippen LogP contribution in [-0.2, 0) is 0 Å². The Morgan fingerprint density at radius 3 is 2.78 bits per heavy atom. The fraction of sp³-hybridized carbons (Fsp3) is 0.556. The van der Waals surface area contributed by atoms with E-state index in [9.17, 15) is 0 Å². The Kier molecular flexibility index (Phi) is 7.24. The summed E-state index contributed by atoms with van der Waals surface area (Å²) in [5, 5.41) is 10.7. The van der Waals surface area contributed by atoms with Crippen LogP contribution in [0.15, 0.2) is 34.4 Å². The molecular weight excluding hydrogens is 352 g/mol. The molecule has 0 saturated heterocycles. The molecular formula is C18H29BrN4. The van der Waals surface area contributed by atoms with Crippen molar-refractivity contribution in [2.45, 2.75) is 51.6 Å². The monoisotopic (exact) mass is 380 g/mol. The smallest absolute Gasteiger partial charge is 0.0725 e. The van der Waals surface area contributed by atoms with Crippen molar-refractivity contribution in [3.8, 4) is 0 Å². The Bertz CT molecular complexity index is 524. The number of nitrogens with two attached hydrogens (primary N) is 1. The van der Waals surface area contributed by atoms with Crippen LogP contribution in [0.2, 0.25) is 0 Å². The van der Waals surface area contributed by atoms with E-state index < -0.39 is 0 Å². The van der Waals surface area contributed by atoms with Crippen molar-refractivity contribution in [1.82, 2.24) is 5.32 Å². The van der Waals surface area contributed by atoms with Gasteiger partial charge in [-0.2, -0.15) is 0 Å². The summed E-state index contributed by atoms with van der Waals surface area (Å²) in [5.74, 6) is 0. The number of anilines is 2. The van der Waals surface area contributed by atoms with E-state index in [1.165, 1.54) is 31.3 Å². The lowest BCUT2D eigenvalue weighted by molar-refractivity contribution is 0.492.